The van der Waals surface area contributed by atoms with E-state index >= 15 is 4.39 Å². The highest BCUT2D eigenvalue weighted by Crippen LogP contribution is 2.33. The fourth-order valence-corrected chi connectivity index (χ4v) is 4.57. The number of nitrogens with one attached hydrogen (secondary N) is 3. The van der Waals surface area contributed by atoms with Gasteiger partial charge in [0.2, 0.25) is 17.6 Å². The Labute approximate surface area is 255 Å². The number of benzene rings is 2. The molecule has 2 amide bonds. The first-order valence-corrected chi connectivity index (χ1v) is 14.0. The van der Waals surface area contributed by atoms with Crippen molar-refractivity contribution in [3.8, 4) is 22.9 Å². The molecule has 5 N–H and O–H groups in total. The van der Waals surface area contributed by atoms with Crippen LogP contribution in [0.4, 0.5) is 24.7 Å². The zero-order chi connectivity index (χ0) is 31.9. The third kappa shape index (κ3) is 7.02. The lowest BCUT2D eigenvalue weighted by atomic mass is 10.0. The van der Waals surface area contributed by atoms with Crippen LogP contribution in [0.3, 0.4) is 0 Å². The molecule has 0 aliphatic heterocycles. The van der Waals surface area contributed by atoms with Crippen LogP contribution in [0, 0.1) is 17.5 Å². The predicted octanol–water partition coefficient (Wildman–Crippen LogP) is 4.50. The van der Waals surface area contributed by atoms with Crippen LogP contribution in [0.1, 0.15) is 29.3 Å². The lowest BCUT2D eigenvalue weighted by Gasteiger charge is -2.13. The third-order valence-corrected chi connectivity index (χ3v) is 6.76. The van der Waals surface area contributed by atoms with Crippen molar-refractivity contribution in [2.24, 2.45) is 5.73 Å². The van der Waals surface area contributed by atoms with E-state index in [1.165, 1.54) is 30.6 Å². The van der Waals surface area contributed by atoms with Gasteiger partial charge >= 0.3 is 0 Å². The molecule has 0 saturated carbocycles. The summed E-state index contributed by atoms with van der Waals surface area (Å²) < 4.78 is 50.2. The van der Waals surface area contributed by atoms with Gasteiger partial charge in [-0.05, 0) is 48.4 Å². The van der Waals surface area contributed by atoms with E-state index in [1.54, 1.807) is 22.7 Å². The molecular weight excluding hydrogens is 589 g/mol. The topological polar surface area (TPSA) is 149 Å². The number of nitrogens with two attached hydrogens (primary N) is 1. The highest BCUT2D eigenvalue weighted by molar-refractivity contribution is 5.96. The molecule has 0 spiro atoms. The number of nitrogens with zero attached hydrogens (tertiary/aromatic N) is 4. The maximum Gasteiger partial charge on any atom is 0.251 e. The minimum Gasteiger partial charge on any atom is -0.436 e. The Morgan fingerprint density at radius 1 is 0.956 bits per heavy atom. The maximum absolute atomic E-state index is 15.3. The smallest absolute Gasteiger partial charge is 0.251 e. The van der Waals surface area contributed by atoms with E-state index in [4.69, 9.17) is 10.5 Å². The van der Waals surface area contributed by atoms with E-state index in [0.717, 1.165) is 17.8 Å². The van der Waals surface area contributed by atoms with Gasteiger partial charge in [0.25, 0.3) is 5.91 Å². The standard InChI is InChI=1S/C31H29F3N8O3/c1-2-18-15-20(4-5-21(18)31(44)38-12-11-36-25(43)9-10-35)41-29-30-40-17-23(42(30)14-13-37-29)22-6-7-24(28(34)27(22)33)45-26-8-3-19(32)16-39-26/h3-8,13-17H,2,9-12,35H2,1H3,(H,36,43)(H,37,41)(H,38,44). The molecule has 0 atom stereocenters. The second kappa shape index (κ2) is 13.9. The van der Waals surface area contributed by atoms with Gasteiger partial charge < -0.3 is 26.4 Å². The highest BCUT2D eigenvalue weighted by Gasteiger charge is 2.20. The monoisotopic (exact) mass is 618 g/mol. The quantitative estimate of drug-likeness (QED) is 0.149. The maximum atomic E-state index is 15.3. The summed E-state index contributed by atoms with van der Waals surface area (Å²) in [5.41, 5.74) is 7.80. The fourth-order valence-electron chi connectivity index (χ4n) is 4.57. The first-order valence-electron chi connectivity index (χ1n) is 14.0. The minimum atomic E-state index is -1.24. The van der Waals surface area contributed by atoms with Crippen molar-refractivity contribution >= 4 is 29.0 Å². The Morgan fingerprint density at radius 2 is 1.78 bits per heavy atom. The Bertz CT molecular complexity index is 1850. The molecule has 232 valence electrons. The number of halogens is 3. The number of carbonyl (C=O) groups excluding carboxylic acids is 2. The Hall–Kier alpha value is -5.50. The van der Waals surface area contributed by atoms with Crippen molar-refractivity contribution in [3.63, 3.8) is 0 Å². The Balaban J connectivity index is 1.33. The van der Waals surface area contributed by atoms with Gasteiger partial charge in [-0.1, -0.05) is 6.92 Å². The van der Waals surface area contributed by atoms with Crippen molar-refractivity contribution in [2.75, 3.05) is 25.0 Å². The summed E-state index contributed by atoms with van der Waals surface area (Å²) in [5.74, 6) is -3.61. The average Bonchev–Trinajstić information content (AvgIpc) is 3.47. The summed E-state index contributed by atoms with van der Waals surface area (Å²) in [6.07, 6.45) is 6.14. The van der Waals surface area contributed by atoms with Gasteiger partial charge in [0.05, 0.1) is 18.1 Å². The first kappa shape index (κ1) is 30.9. The number of rotatable bonds is 12. The van der Waals surface area contributed by atoms with E-state index in [1.807, 2.05) is 13.0 Å². The number of fused-ring (bicyclic) bond motifs is 1. The average molecular weight is 619 g/mol. The Morgan fingerprint density at radius 3 is 2.53 bits per heavy atom. The molecular formula is C31H29F3N8O3. The summed E-state index contributed by atoms with van der Waals surface area (Å²) in [5, 5.41) is 8.67. The molecule has 0 radical (unpaired) electrons. The van der Waals surface area contributed by atoms with Gasteiger partial charge in [-0.25, -0.2) is 23.7 Å². The van der Waals surface area contributed by atoms with Crippen LogP contribution in [0.2, 0.25) is 0 Å². The lowest BCUT2D eigenvalue weighted by Crippen LogP contribution is -2.35. The van der Waals surface area contributed by atoms with Crippen molar-refractivity contribution < 1.29 is 27.5 Å². The molecule has 0 aliphatic rings. The van der Waals surface area contributed by atoms with Crippen molar-refractivity contribution in [2.45, 2.75) is 19.8 Å². The van der Waals surface area contributed by atoms with Crippen LogP contribution in [-0.4, -0.2) is 50.8 Å². The van der Waals surface area contributed by atoms with E-state index < -0.39 is 23.2 Å². The first-order chi connectivity index (χ1) is 21.8. The summed E-state index contributed by atoms with van der Waals surface area (Å²) in [6, 6.07) is 10.1. The number of aromatic nitrogens is 4. The lowest BCUT2D eigenvalue weighted by molar-refractivity contribution is -0.120. The number of aryl methyl sites for hydroxylation is 1. The van der Waals surface area contributed by atoms with Crippen LogP contribution in [0.5, 0.6) is 11.6 Å². The molecule has 0 unspecified atom stereocenters. The summed E-state index contributed by atoms with van der Waals surface area (Å²) in [6.45, 7) is 2.72. The molecule has 3 heterocycles. The molecule has 0 bridgehead atoms. The van der Waals surface area contributed by atoms with E-state index in [9.17, 15) is 18.4 Å². The molecule has 2 aromatic carbocycles. The molecule has 14 heteroatoms. The van der Waals surface area contributed by atoms with Crippen molar-refractivity contribution in [3.05, 3.63) is 95.8 Å². The van der Waals surface area contributed by atoms with Crippen LogP contribution in [0.25, 0.3) is 16.9 Å². The van der Waals surface area contributed by atoms with Gasteiger partial charge in [0.15, 0.2) is 23.0 Å². The van der Waals surface area contributed by atoms with Gasteiger partial charge in [-0.15, -0.1) is 0 Å². The zero-order valence-corrected chi connectivity index (χ0v) is 24.1. The SMILES string of the molecule is CCc1cc(Nc2nccn3c(-c4ccc(Oc5ccc(F)cn5)c(F)c4F)cnc23)ccc1C(=O)NCCNC(=O)CCN. The fraction of sp³-hybridized carbons (Fsp3) is 0.194. The molecule has 0 saturated heterocycles. The van der Waals surface area contributed by atoms with Gasteiger partial charge in [0.1, 0.15) is 5.82 Å². The van der Waals surface area contributed by atoms with Crippen molar-refractivity contribution in [1.82, 2.24) is 30.0 Å². The number of imidazole rings is 1. The minimum absolute atomic E-state index is 0.0702. The third-order valence-electron chi connectivity index (χ3n) is 6.76. The number of anilines is 2. The number of carbonyl (C=O) groups is 2. The number of amides is 2. The van der Waals surface area contributed by atoms with Gasteiger partial charge in [-0.3, -0.25) is 14.0 Å². The second-order valence-corrected chi connectivity index (χ2v) is 9.76. The summed E-state index contributed by atoms with van der Waals surface area (Å²) in [4.78, 5) is 36.8. The number of hydrogen-bond donors (Lipinski definition) is 4. The normalized spacial score (nSPS) is 11.0. The Kier molecular flexibility index (Phi) is 9.53. The van der Waals surface area contributed by atoms with E-state index in [0.29, 0.717) is 29.1 Å². The second-order valence-electron chi connectivity index (χ2n) is 9.76. The molecule has 5 aromatic rings. The number of pyridine rings is 1. The molecule has 11 nitrogen and oxygen atoms in total. The van der Waals surface area contributed by atoms with E-state index in [-0.39, 0.29) is 55.0 Å². The summed E-state index contributed by atoms with van der Waals surface area (Å²) >= 11 is 0. The molecule has 45 heavy (non-hydrogen) atoms. The van der Waals surface area contributed by atoms with E-state index in [2.05, 4.69) is 30.9 Å². The largest absolute Gasteiger partial charge is 0.436 e. The number of ether oxygens (including phenoxy) is 1. The predicted molar refractivity (Wildman–Crippen MR) is 161 cm³/mol. The van der Waals surface area contributed by atoms with Crippen LogP contribution in [-0.2, 0) is 11.2 Å². The number of hydrogen-bond acceptors (Lipinski definition) is 8. The van der Waals surface area contributed by atoms with Crippen LogP contribution < -0.4 is 26.4 Å². The van der Waals surface area contributed by atoms with Crippen molar-refractivity contribution in [1.29, 1.82) is 0 Å². The molecule has 3 aromatic heterocycles. The molecule has 0 aliphatic carbocycles. The van der Waals surface area contributed by atoms with Crippen LogP contribution >= 0.6 is 0 Å². The highest BCUT2D eigenvalue weighted by atomic mass is 19.2. The summed E-state index contributed by atoms with van der Waals surface area (Å²) in [7, 11) is 0. The molecule has 5 rings (SSSR count). The van der Waals surface area contributed by atoms with Crippen LogP contribution in [0.15, 0.2) is 67.3 Å². The molecule has 0 fully saturated rings. The van der Waals surface area contributed by atoms with Gasteiger partial charge in [0, 0.05) is 61.3 Å². The zero-order valence-electron chi connectivity index (χ0n) is 24.1. The van der Waals surface area contributed by atoms with Gasteiger partial charge in [-0.2, -0.15) is 4.39 Å².